The summed E-state index contributed by atoms with van der Waals surface area (Å²) in [4.78, 5) is 28.4. The number of carbonyl (C=O) groups is 2. The van der Waals surface area contributed by atoms with Gasteiger partial charge in [-0.25, -0.2) is 0 Å². The fraction of sp³-hybridized carbons (Fsp3) is 0.231. The Balaban J connectivity index is 1.47. The first-order chi connectivity index (χ1) is 15.6. The van der Waals surface area contributed by atoms with Crippen molar-refractivity contribution in [1.29, 1.82) is 0 Å². The number of rotatable bonds is 7. The highest BCUT2D eigenvalue weighted by atomic mass is 35.5. The zero-order chi connectivity index (χ0) is 22.3. The van der Waals surface area contributed by atoms with Gasteiger partial charge in [0.15, 0.2) is 5.78 Å². The van der Waals surface area contributed by atoms with Gasteiger partial charge in [0.25, 0.3) is 5.91 Å². The standard InChI is InChI=1S/C26H25ClN2O3/c27-22-11-9-19(10-12-22)25(30)23-7-3-4-8-24(23)26(31)28-17-20-5-1-2-6-21(20)18-29-13-15-32-16-14-29/h1-12H,13-18H2,(H,28,31). The smallest absolute Gasteiger partial charge is 0.252 e. The first kappa shape index (κ1) is 22.2. The zero-order valence-electron chi connectivity index (χ0n) is 17.7. The van der Waals surface area contributed by atoms with E-state index in [9.17, 15) is 9.59 Å². The largest absolute Gasteiger partial charge is 0.379 e. The van der Waals surface area contributed by atoms with E-state index in [1.807, 2.05) is 18.2 Å². The van der Waals surface area contributed by atoms with Gasteiger partial charge in [0.05, 0.1) is 18.8 Å². The normalized spacial score (nSPS) is 14.2. The Labute approximate surface area is 193 Å². The Hall–Kier alpha value is -2.99. The summed E-state index contributed by atoms with van der Waals surface area (Å²) in [5.41, 5.74) is 3.46. The summed E-state index contributed by atoms with van der Waals surface area (Å²) in [6.07, 6.45) is 0. The molecule has 32 heavy (non-hydrogen) atoms. The van der Waals surface area contributed by atoms with E-state index in [0.717, 1.165) is 38.4 Å². The van der Waals surface area contributed by atoms with Gasteiger partial charge in [0.1, 0.15) is 0 Å². The second kappa shape index (κ2) is 10.6. The van der Waals surface area contributed by atoms with Crippen molar-refractivity contribution < 1.29 is 14.3 Å². The molecule has 0 aliphatic carbocycles. The number of amides is 1. The maximum Gasteiger partial charge on any atom is 0.252 e. The van der Waals surface area contributed by atoms with Crippen LogP contribution in [0, 0.1) is 0 Å². The molecule has 0 radical (unpaired) electrons. The van der Waals surface area contributed by atoms with Crippen LogP contribution in [0.5, 0.6) is 0 Å². The van der Waals surface area contributed by atoms with Crippen molar-refractivity contribution in [3.63, 3.8) is 0 Å². The quantitative estimate of drug-likeness (QED) is 0.546. The average Bonchev–Trinajstić information content (AvgIpc) is 2.84. The zero-order valence-corrected chi connectivity index (χ0v) is 18.5. The molecule has 5 nitrogen and oxygen atoms in total. The molecule has 164 valence electrons. The fourth-order valence-corrected chi connectivity index (χ4v) is 3.92. The SMILES string of the molecule is O=C(NCc1ccccc1CN1CCOCC1)c1ccccc1C(=O)c1ccc(Cl)cc1. The van der Waals surface area contributed by atoms with Gasteiger partial charge in [0, 0.05) is 42.3 Å². The van der Waals surface area contributed by atoms with Crippen molar-refractivity contribution in [1.82, 2.24) is 10.2 Å². The van der Waals surface area contributed by atoms with E-state index in [2.05, 4.69) is 16.3 Å². The van der Waals surface area contributed by atoms with E-state index in [0.29, 0.717) is 28.3 Å². The van der Waals surface area contributed by atoms with Crippen molar-refractivity contribution >= 4 is 23.3 Å². The molecule has 0 spiro atoms. The minimum absolute atomic E-state index is 0.208. The number of nitrogens with one attached hydrogen (secondary N) is 1. The lowest BCUT2D eigenvalue weighted by Gasteiger charge is -2.27. The first-order valence-electron chi connectivity index (χ1n) is 10.7. The molecule has 1 heterocycles. The van der Waals surface area contributed by atoms with Gasteiger partial charge in [-0.2, -0.15) is 0 Å². The maximum absolute atomic E-state index is 13.0. The van der Waals surface area contributed by atoms with Crippen LogP contribution in [0.4, 0.5) is 0 Å². The Kier molecular flexibility index (Phi) is 7.32. The van der Waals surface area contributed by atoms with E-state index >= 15 is 0 Å². The van der Waals surface area contributed by atoms with Crippen molar-refractivity contribution in [2.24, 2.45) is 0 Å². The van der Waals surface area contributed by atoms with E-state index < -0.39 is 0 Å². The second-order valence-corrected chi connectivity index (χ2v) is 8.16. The Morgan fingerprint density at radius 2 is 1.47 bits per heavy atom. The van der Waals surface area contributed by atoms with Gasteiger partial charge in [-0.05, 0) is 41.5 Å². The minimum Gasteiger partial charge on any atom is -0.379 e. The number of benzene rings is 3. The fourth-order valence-electron chi connectivity index (χ4n) is 3.79. The molecule has 1 amide bonds. The highest BCUT2D eigenvalue weighted by Gasteiger charge is 2.19. The summed E-state index contributed by atoms with van der Waals surface area (Å²) in [5.74, 6) is -0.482. The third-order valence-electron chi connectivity index (χ3n) is 5.58. The van der Waals surface area contributed by atoms with Crippen LogP contribution in [-0.2, 0) is 17.8 Å². The van der Waals surface area contributed by atoms with Crippen molar-refractivity contribution in [2.45, 2.75) is 13.1 Å². The Morgan fingerprint density at radius 1 is 0.844 bits per heavy atom. The molecule has 1 saturated heterocycles. The predicted molar refractivity (Wildman–Crippen MR) is 125 cm³/mol. The highest BCUT2D eigenvalue weighted by molar-refractivity contribution is 6.30. The number of halogens is 1. The van der Waals surface area contributed by atoms with Gasteiger partial charge in [-0.1, -0.05) is 54.1 Å². The van der Waals surface area contributed by atoms with Crippen LogP contribution in [0.25, 0.3) is 0 Å². The van der Waals surface area contributed by atoms with Gasteiger partial charge < -0.3 is 10.1 Å². The van der Waals surface area contributed by atoms with E-state index in [1.54, 1.807) is 48.5 Å². The second-order valence-electron chi connectivity index (χ2n) is 7.72. The molecule has 0 unspecified atom stereocenters. The summed E-state index contributed by atoms with van der Waals surface area (Å²) in [5, 5.41) is 3.55. The van der Waals surface area contributed by atoms with Crippen LogP contribution in [0.1, 0.15) is 37.4 Å². The van der Waals surface area contributed by atoms with Crippen molar-refractivity contribution in [3.8, 4) is 0 Å². The Morgan fingerprint density at radius 3 is 2.19 bits per heavy atom. The van der Waals surface area contributed by atoms with Crippen LogP contribution in [0.3, 0.4) is 0 Å². The third kappa shape index (κ3) is 5.43. The lowest BCUT2D eigenvalue weighted by atomic mass is 9.98. The molecule has 0 aromatic heterocycles. The predicted octanol–water partition coefficient (Wildman–Crippen LogP) is 4.33. The number of hydrogen-bond donors (Lipinski definition) is 1. The van der Waals surface area contributed by atoms with Crippen LogP contribution < -0.4 is 5.32 Å². The van der Waals surface area contributed by atoms with Gasteiger partial charge >= 0.3 is 0 Å². The van der Waals surface area contributed by atoms with Crippen LogP contribution in [0.2, 0.25) is 5.02 Å². The van der Waals surface area contributed by atoms with E-state index in [-0.39, 0.29) is 11.7 Å². The average molecular weight is 449 g/mol. The van der Waals surface area contributed by atoms with Crippen LogP contribution in [-0.4, -0.2) is 42.9 Å². The highest BCUT2D eigenvalue weighted by Crippen LogP contribution is 2.18. The monoisotopic (exact) mass is 448 g/mol. The molecular formula is C26H25ClN2O3. The topological polar surface area (TPSA) is 58.6 Å². The van der Waals surface area contributed by atoms with Crippen LogP contribution >= 0.6 is 11.6 Å². The molecule has 1 aliphatic rings. The van der Waals surface area contributed by atoms with Crippen LogP contribution in [0.15, 0.2) is 72.8 Å². The lowest BCUT2D eigenvalue weighted by molar-refractivity contribution is 0.0340. The summed E-state index contributed by atoms with van der Waals surface area (Å²) >= 11 is 5.93. The molecule has 3 aromatic rings. The summed E-state index contributed by atoms with van der Waals surface area (Å²) in [7, 11) is 0. The number of ether oxygens (including phenoxy) is 1. The summed E-state index contributed by atoms with van der Waals surface area (Å²) < 4.78 is 5.43. The minimum atomic E-state index is -0.274. The third-order valence-corrected chi connectivity index (χ3v) is 5.83. The Bertz CT molecular complexity index is 1090. The molecule has 3 aromatic carbocycles. The first-order valence-corrected chi connectivity index (χ1v) is 11.0. The van der Waals surface area contributed by atoms with Gasteiger partial charge in [-0.3, -0.25) is 14.5 Å². The van der Waals surface area contributed by atoms with E-state index in [1.165, 1.54) is 5.56 Å². The molecule has 0 saturated carbocycles. The molecule has 0 atom stereocenters. The number of nitrogens with zero attached hydrogens (tertiary/aromatic N) is 1. The van der Waals surface area contributed by atoms with E-state index in [4.69, 9.17) is 16.3 Å². The molecule has 0 bridgehead atoms. The number of carbonyl (C=O) groups excluding carboxylic acids is 2. The molecule has 6 heteroatoms. The van der Waals surface area contributed by atoms with Gasteiger partial charge in [0.2, 0.25) is 0 Å². The number of morpholine rings is 1. The summed E-state index contributed by atoms with van der Waals surface area (Å²) in [6.45, 7) is 4.51. The lowest BCUT2D eigenvalue weighted by Crippen LogP contribution is -2.36. The van der Waals surface area contributed by atoms with Crippen molar-refractivity contribution in [3.05, 3.63) is 106 Å². The maximum atomic E-state index is 13.0. The molecule has 1 aliphatic heterocycles. The summed E-state index contributed by atoms with van der Waals surface area (Å²) in [6, 6.07) is 21.7. The van der Waals surface area contributed by atoms with Crippen molar-refractivity contribution in [2.75, 3.05) is 26.3 Å². The van der Waals surface area contributed by atoms with Gasteiger partial charge in [-0.15, -0.1) is 0 Å². The number of ketones is 1. The molecule has 1 N–H and O–H groups in total. The molecule has 1 fully saturated rings. The molecular weight excluding hydrogens is 424 g/mol. The number of hydrogen-bond acceptors (Lipinski definition) is 4. The molecule has 4 rings (SSSR count).